The van der Waals surface area contributed by atoms with E-state index in [2.05, 4.69) is 10.6 Å². The van der Waals surface area contributed by atoms with Crippen molar-refractivity contribution >= 4 is 23.0 Å². The highest BCUT2D eigenvalue weighted by molar-refractivity contribution is 6.33. The number of aliphatic hydroxyl groups is 1. The number of nitrogens with one attached hydrogen (secondary N) is 2. The molecule has 0 radical (unpaired) electrons. The highest BCUT2D eigenvalue weighted by Gasteiger charge is 2.08. The SMILES string of the molecule is O=[N+]([O-])c1ccc(NCCNCCO)c(Cl)c1. The Morgan fingerprint density at radius 1 is 1.35 bits per heavy atom. The topological polar surface area (TPSA) is 87.4 Å². The van der Waals surface area contributed by atoms with Crippen molar-refractivity contribution in [2.75, 3.05) is 31.6 Å². The fraction of sp³-hybridized carbons (Fsp3) is 0.400. The third-order valence-corrected chi connectivity index (χ3v) is 2.38. The number of aliphatic hydroxyl groups excluding tert-OH is 1. The first-order valence-electron chi connectivity index (χ1n) is 5.14. The molecular weight excluding hydrogens is 246 g/mol. The summed E-state index contributed by atoms with van der Waals surface area (Å²) < 4.78 is 0. The van der Waals surface area contributed by atoms with Gasteiger partial charge in [0, 0.05) is 31.8 Å². The number of anilines is 1. The molecule has 0 heterocycles. The van der Waals surface area contributed by atoms with E-state index in [4.69, 9.17) is 16.7 Å². The average molecular weight is 260 g/mol. The van der Waals surface area contributed by atoms with Gasteiger partial charge in [-0.1, -0.05) is 11.6 Å². The lowest BCUT2D eigenvalue weighted by Crippen LogP contribution is -2.24. The van der Waals surface area contributed by atoms with Crippen LogP contribution in [0.4, 0.5) is 11.4 Å². The van der Waals surface area contributed by atoms with Gasteiger partial charge >= 0.3 is 0 Å². The van der Waals surface area contributed by atoms with E-state index in [9.17, 15) is 10.1 Å². The summed E-state index contributed by atoms with van der Waals surface area (Å²) >= 11 is 5.89. The maximum atomic E-state index is 10.5. The van der Waals surface area contributed by atoms with E-state index < -0.39 is 4.92 Å². The number of nitrogens with zero attached hydrogens (tertiary/aromatic N) is 1. The first-order valence-corrected chi connectivity index (χ1v) is 5.52. The van der Waals surface area contributed by atoms with Crippen LogP contribution in [-0.2, 0) is 0 Å². The van der Waals surface area contributed by atoms with E-state index in [0.29, 0.717) is 30.3 Å². The highest BCUT2D eigenvalue weighted by Crippen LogP contribution is 2.26. The maximum Gasteiger partial charge on any atom is 0.271 e. The predicted octanol–water partition coefficient (Wildman–Crippen LogP) is 1.24. The van der Waals surface area contributed by atoms with Crippen molar-refractivity contribution in [1.29, 1.82) is 0 Å². The maximum absolute atomic E-state index is 10.5. The van der Waals surface area contributed by atoms with E-state index in [1.807, 2.05) is 0 Å². The number of rotatable bonds is 7. The summed E-state index contributed by atoms with van der Waals surface area (Å²) in [5.41, 5.74) is 0.627. The summed E-state index contributed by atoms with van der Waals surface area (Å²) in [6, 6.07) is 4.28. The van der Waals surface area contributed by atoms with Gasteiger partial charge in [0.1, 0.15) is 0 Å². The minimum Gasteiger partial charge on any atom is -0.395 e. The van der Waals surface area contributed by atoms with Gasteiger partial charge in [-0.3, -0.25) is 10.1 Å². The Kier molecular flexibility index (Phi) is 5.68. The zero-order valence-electron chi connectivity index (χ0n) is 9.15. The van der Waals surface area contributed by atoms with Crippen LogP contribution in [0.15, 0.2) is 18.2 Å². The second-order valence-corrected chi connectivity index (χ2v) is 3.73. The van der Waals surface area contributed by atoms with Gasteiger partial charge in [-0.05, 0) is 6.07 Å². The third-order valence-electron chi connectivity index (χ3n) is 2.07. The lowest BCUT2D eigenvalue weighted by Gasteiger charge is -2.08. The number of nitro groups is 1. The third kappa shape index (κ3) is 4.56. The molecule has 0 saturated carbocycles. The van der Waals surface area contributed by atoms with Crippen LogP contribution in [0, 0.1) is 10.1 Å². The van der Waals surface area contributed by atoms with Crippen LogP contribution in [0.5, 0.6) is 0 Å². The fourth-order valence-electron chi connectivity index (χ4n) is 1.25. The predicted molar refractivity (Wildman–Crippen MR) is 66.6 cm³/mol. The van der Waals surface area contributed by atoms with Crippen molar-refractivity contribution in [3.8, 4) is 0 Å². The second kappa shape index (κ2) is 7.05. The Hall–Kier alpha value is -1.37. The molecule has 0 aliphatic heterocycles. The lowest BCUT2D eigenvalue weighted by atomic mass is 10.3. The highest BCUT2D eigenvalue weighted by atomic mass is 35.5. The second-order valence-electron chi connectivity index (χ2n) is 3.32. The fourth-order valence-corrected chi connectivity index (χ4v) is 1.49. The Morgan fingerprint density at radius 3 is 2.71 bits per heavy atom. The van der Waals surface area contributed by atoms with Crippen molar-refractivity contribution in [3.05, 3.63) is 33.3 Å². The molecule has 0 amide bonds. The standard InChI is InChI=1S/C10H14ClN3O3/c11-9-7-8(14(16)17)1-2-10(9)13-4-3-12-5-6-15/h1-2,7,12-13,15H,3-6H2. The molecule has 17 heavy (non-hydrogen) atoms. The molecule has 1 aromatic rings. The first kappa shape index (κ1) is 13.7. The number of halogens is 1. The normalized spacial score (nSPS) is 10.2. The molecule has 6 nitrogen and oxygen atoms in total. The van der Waals surface area contributed by atoms with Gasteiger partial charge in [0.25, 0.3) is 5.69 Å². The van der Waals surface area contributed by atoms with Crippen molar-refractivity contribution in [3.63, 3.8) is 0 Å². The molecule has 3 N–H and O–H groups in total. The summed E-state index contributed by atoms with van der Waals surface area (Å²) in [4.78, 5) is 10.0. The molecule has 1 aromatic carbocycles. The number of hydrogen-bond acceptors (Lipinski definition) is 5. The van der Waals surface area contributed by atoms with Gasteiger partial charge in [-0.2, -0.15) is 0 Å². The summed E-state index contributed by atoms with van der Waals surface area (Å²) in [6.45, 7) is 1.93. The smallest absolute Gasteiger partial charge is 0.271 e. The molecule has 0 aliphatic carbocycles. The van der Waals surface area contributed by atoms with Gasteiger partial charge < -0.3 is 15.7 Å². The molecule has 0 aliphatic rings. The zero-order valence-corrected chi connectivity index (χ0v) is 9.91. The first-order chi connectivity index (χ1) is 8.15. The van der Waals surface area contributed by atoms with Crippen molar-refractivity contribution in [2.24, 2.45) is 0 Å². The summed E-state index contributed by atoms with van der Waals surface area (Å²) in [7, 11) is 0. The number of benzene rings is 1. The summed E-state index contributed by atoms with van der Waals surface area (Å²) in [5, 5.41) is 25.4. The van der Waals surface area contributed by atoms with Crippen molar-refractivity contribution in [2.45, 2.75) is 0 Å². The van der Waals surface area contributed by atoms with Crippen LogP contribution < -0.4 is 10.6 Å². The van der Waals surface area contributed by atoms with Gasteiger partial charge in [0.05, 0.1) is 22.2 Å². The lowest BCUT2D eigenvalue weighted by molar-refractivity contribution is -0.384. The van der Waals surface area contributed by atoms with Crippen LogP contribution in [0.3, 0.4) is 0 Å². The minimum absolute atomic E-state index is 0.0287. The van der Waals surface area contributed by atoms with Gasteiger partial charge in [-0.25, -0.2) is 0 Å². The van der Waals surface area contributed by atoms with Crippen LogP contribution in [0.1, 0.15) is 0 Å². The molecule has 0 bridgehead atoms. The van der Waals surface area contributed by atoms with Gasteiger partial charge in [0.2, 0.25) is 0 Å². The van der Waals surface area contributed by atoms with Gasteiger partial charge in [-0.15, -0.1) is 0 Å². The molecule has 0 saturated heterocycles. The van der Waals surface area contributed by atoms with E-state index in [-0.39, 0.29) is 12.3 Å². The van der Waals surface area contributed by atoms with E-state index in [1.165, 1.54) is 12.1 Å². The largest absolute Gasteiger partial charge is 0.395 e. The van der Waals surface area contributed by atoms with Gasteiger partial charge in [0.15, 0.2) is 0 Å². The molecule has 94 valence electrons. The number of nitro benzene ring substituents is 1. The Bertz CT molecular complexity index is 387. The average Bonchev–Trinajstić information content (AvgIpc) is 2.30. The van der Waals surface area contributed by atoms with E-state index in [0.717, 1.165) is 0 Å². The van der Waals surface area contributed by atoms with Crippen LogP contribution in [0.25, 0.3) is 0 Å². The molecule has 1 rings (SSSR count). The molecule has 0 fully saturated rings. The van der Waals surface area contributed by atoms with E-state index in [1.54, 1.807) is 6.07 Å². The molecule has 0 spiro atoms. The summed E-state index contributed by atoms with van der Waals surface area (Å²) in [5.74, 6) is 0. The monoisotopic (exact) mass is 259 g/mol. The Balaban J connectivity index is 2.46. The minimum atomic E-state index is -0.488. The molecule has 0 aromatic heterocycles. The van der Waals surface area contributed by atoms with Crippen LogP contribution in [-0.4, -0.2) is 36.3 Å². The Morgan fingerprint density at radius 2 is 2.12 bits per heavy atom. The quantitative estimate of drug-likeness (QED) is 0.390. The summed E-state index contributed by atoms with van der Waals surface area (Å²) in [6.07, 6.45) is 0. The number of hydrogen-bond donors (Lipinski definition) is 3. The van der Waals surface area contributed by atoms with Crippen LogP contribution in [0.2, 0.25) is 5.02 Å². The van der Waals surface area contributed by atoms with Crippen molar-refractivity contribution in [1.82, 2.24) is 5.32 Å². The molecule has 0 unspecified atom stereocenters. The zero-order chi connectivity index (χ0) is 12.7. The van der Waals surface area contributed by atoms with Crippen molar-refractivity contribution < 1.29 is 10.0 Å². The van der Waals surface area contributed by atoms with Crippen LogP contribution >= 0.6 is 11.6 Å². The molecule has 0 atom stereocenters. The number of non-ortho nitro benzene ring substituents is 1. The molecule has 7 heteroatoms. The Labute approximate surface area is 104 Å². The molecular formula is C10H14ClN3O3. The van der Waals surface area contributed by atoms with E-state index >= 15 is 0 Å².